The predicted octanol–water partition coefficient (Wildman–Crippen LogP) is 3.20. The van der Waals surface area contributed by atoms with Gasteiger partial charge in [0.15, 0.2) is 17.3 Å². The van der Waals surface area contributed by atoms with Gasteiger partial charge in [-0.05, 0) is 42.3 Å². The number of nitrogens with zero attached hydrogens (tertiary/aromatic N) is 3. The maximum Gasteiger partial charge on any atom is 0.291 e. The molecule has 0 bridgehead atoms. The molecule has 4 rings (SSSR count). The van der Waals surface area contributed by atoms with Crippen molar-refractivity contribution in [3.63, 3.8) is 0 Å². The zero-order valence-electron chi connectivity index (χ0n) is 17.6. The van der Waals surface area contributed by atoms with Crippen molar-refractivity contribution in [3.8, 4) is 17.2 Å². The number of ether oxygens (including phenoxy) is 3. The number of rotatable bonds is 6. The van der Waals surface area contributed by atoms with Crippen molar-refractivity contribution in [1.82, 2.24) is 14.6 Å². The van der Waals surface area contributed by atoms with Crippen molar-refractivity contribution in [2.24, 2.45) is 0 Å². The number of aryl methyl sites for hydroxylation is 1. The zero-order valence-corrected chi connectivity index (χ0v) is 18.4. The molecular weight excluding hydrogens is 414 g/mol. The van der Waals surface area contributed by atoms with Crippen LogP contribution in [-0.2, 0) is 0 Å². The molecule has 0 amide bonds. The number of thiazole rings is 1. The number of fused-ring (bicyclic) bond motifs is 1. The number of hydrogen-bond donors (Lipinski definition) is 0. The summed E-state index contributed by atoms with van der Waals surface area (Å²) in [7, 11) is 4.65. The minimum Gasteiger partial charge on any atom is -0.493 e. The Hall–Kier alpha value is -3.65. The first-order valence-electron chi connectivity index (χ1n) is 9.48. The standard InChI is InChI=1S/C23H21N3O4S/c1-14-5-7-15(8-6-14)9-10-20-24-23-26(25-20)22(27)19(31-23)13-16-11-17(28-2)21(30-4)18(12-16)29-3/h5-13H,1-4H3. The topological polar surface area (TPSA) is 75.0 Å². The summed E-state index contributed by atoms with van der Waals surface area (Å²) >= 11 is 1.27. The second-order valence-corrected chi connectivity index (χ2v) is 7.79. The minimum absolute atomic E-state index is 0.226. The lowest BCUT2D eigenvalue weighted by Crippen LogP contribution is -2.23. The Kier molecular flexibility index (Phi) is 5.73. The molecule has 0 fully saturated rings. The van der Waals surface area contributed by atoms with Crippen LogP contribution in [0.25, 0.3) is 23.2 Å². The molecule has 0 spiro atoms. The van der Waals surface area contributed by atoms with Gasteiger partial charge in [-0.15, -0.1) is 5.10 Å². The highest BCUT2D eigenvalue weighted by Gasteiger charge is 2.13. The average molecular weight is 436 g/mol. The van der Waals surface area contributed by atoms with Crippen LogP contribution < -0.4 is 24.3 Å². The molecule has 0 unspecified atom stereocenters. The molecule has 0 aliphatic rings. The molecule has 2 aromatic heterocycles. The van der Waals surface area contributed by atoms with E-state index in [0.29, 0.717) is 32.6 Å². The quantitative estimate of drug-likeness (QED) is 0.463. The van der Waals surface area contributed by atoms with Crippen LogP contribution in [0.3, 0.4) is 0 Å². The van der Waals surface area contributed by atoms with Crippen LogP contribution in [0.1, 0.15) is 22.5 Å². The molecule has 0 saturated carbocycles. The monoisotopic (exact) mass is 435 g/mol. The van der Waals surface area contributed by atoms with Gasteiger partial charge >= 0.3 is 0 Å². The van der Waals surface area contributed by atoms with Gasteiger partial charge in [0.05, 0.1) is 25.9 Å². The Morgan fingerprint density at radius 2 is 1.61 bits per heavy atom. The van der Waals surface area contributed by atoms with E-state index in [1.165, 1.54) is 21.4 Å². The molecule has 7 nitrogen and oxygen atoms in total. The third kappa shape index (κ3) is 4.15. The smallest absolute Gasteiger partial charge is 0.291 e. The third-order valence-corrected chi connectivity index (χ3v) is 5.64. The van der Waals surface area contributed by atoms with E-state index < -0.39 is 0 Å². The van der Waals surface area contributed by atoms with E-state index in [0.717, 1.165) is 11.1 Å². The van der Waals surface area contributed by atoms with E-state index in [4.69, 9.17) is 14.2 Å². The molecular formula is C23H21N3O4S. The van der Waals surface area contributed by atoms with Crippen molar-refractivity contribution in [1.29, 1.82) is 0 Å². The molecule has 4 aromatic rings. The molecule has 0 radical (unpaired) electrons. The van der Waals surface area contributed by atoms with Gasteiger partial charge in [-0.25, -0.2) is 0 Å². The first kappa shape index (κ1) is 20.6. The van der Waals surface area contributed by atoms with Crippen LogP contribution in [0.15, 0.2) is 41.2 Å². The van der Waals surface area contributed by atoms with Crippen molar-refractivity contribution < 1.29 is 14.2 Å². The van der Waals surface area contributed by atoms with Crippen molar-refractivity contribution in [2.75, 3.05) is 21.3 Å². The van der Waals surface area contributed by atoms with E-state index in [1.807, 2.05) is 37.3 Å². The summed E-state index contributed by atoms with van der Waals surface area (Å²) in [6.45, 7) is 2.04. The summed E-state index contributed by atoms with van der Waals surface area (Å²) in [6, 6.07) is 11.7. The second-order valence-electron chi connectivity index (χ2n) is 6.78. The van der Waals surface area contributed by atoms with Gasteiger partial charge in [0.2, 0.25) is 10.7 Å². The lowest BCUT2D eigenvalue weighted by atomic mass is 10.1. The minimum atomic E-state index is -0.226. The molecule has 0 saturated heterocycles. The number of aromatic nitrogens is 3. The summed E-state index contributed by atoms with van der Waals surface area (Å²) in [5, 5.41) is 4.33. The fourth-order valence-electron chi connectivity index (χ4n) is 3.10. The fraction of sp³-hybridized carbons (Fsp3) is 0.174. The zero-order chi connectivity index (χ0) is 22.0. The Balaban J connectivity index is 1.69. The van der Waals surface area contributed by atoms with E-state index in [-0.39, 0.29) is 5.56 Å². The number of hydrogen-bond acceptors (Lipinski definition) is 7. The SMILES string of the molecule is COc1cc(C=c2sc3nc(C=Cc4ccc(C)cc4)nn3c2=O)cc(OC)c1OC. The van der Waals surface area contributed by atoms with E-state index in [2.05, 4.69) is 10.1 Å². The third-order valence-electron chi connectivity index (χ3n) is 4.69. The Morgan fingerprint density at radius 3 is 2.19 bits per heavy atom. The van der Waals surface area contributed by atoms with Crippen LogP contribution in [0, 0.1) is 6.92 Å². The predicted molar refractivity (Wildman–Crippen MR) is 122 cm³/mol. The molecule has 31 heavy (non-hydrogen) atoms. The van der Waals surface area contributed by atoms with Gasteiger partial charge in [0, 0.05) is 0 Å². The highest BCUT2D eigenvalue weighted by atomic mass is 32.1. The van der Waals surface area contributed by atoms with Gasteiger partial charge in [-0.1, -0.05) is 47.2 Å². The van der Waals surface area contributed by atoms with Crippen molar-refractivity contribution in [3.05, 3.63) is 73.8 Å². The van der Waals surface area contributed by atoms with Crippen molar-refractivity contribution >= 4 is 34.5 Å². The molecule has 158 valence electrons. The summed E-state index contributed by atoms with van der Waals surface area (Å²) < 4.78 is 17.9. The van der Waals surface area contributed by atoms with Gasteiger partial charge in [0.25, 0.3) is 5.56 Å². The Labute approximate surface area is 182 Å². The Morgan fingerprint density at radius 1 is 0.935 bits per heavy atom. The van der Waals surface area contributed by atoms with E-state index >= 15 is 0 Å². The summed E-state index contributed by atoms with van der Waals surface area (Å²) in [5.41, 5.74) is 2.76. The normalized spacial score (nSPS) is 12.1. The van der Waals surface area contributed by atoms with Crippen LogP contribution in [0.4, 0.5) is 0 Å². The summed E-state index contributed by atoms with van der Waals surface area (Å²) in [5.74, 6) is 2.02. The first-order chi connectivity index (χ1) is 15.0. The molecule has 0 aliphatic carbocycles. The maximum atomic E-state index is 12.8. The van der Waals surface area contributed by atoms with Gasteiger partial charge in [-0.3, -0.25) is 4.79 Å². The van der Waals surface area contributed by atoms with Crippen molar-refractivity contribution in [2.45, 2.75) is 6.92 Å². The van der Waals surface area contributed by atoms with E-state index in [1.54, 1.807) is 45.6 Å². The second kappa shape index (κ2) is 8.61. The largest absolute Gasteiger partial charge is 0.493 e. The summed E-state index contributed by atoms with van der Waals surface area (Å²) in [6.07, 6.45) is 5.48. The molecule has 0 N–H and O–H groups in total. The summed E-state index contributed by atoms with van der Waals surface area (Å²) in [4.78, 5) is 17.8. The van der Waals surface area contributed by atoms with Crippen LogP contribution in [-0.4, -0.2) is 35.9 Å². The first-order valence-corrected chi connectivity index (χ1v) is 10.3. The van der Waals surface area contributed by atoms with Crippen LogP contribution >= 0.6 is 11.3 Å². The average Bonchev–Trinajstić information content (AvgIpc) is 3.31. The lowest BCUT2D eigenvalue weighted by molar-refractivity contribution is 0.324. The lowest BCUT2D eigenvalue weighted by Gasteiger charge is -2.12. The van der Waals surface area contributed by atoms with E-state index in [9.17, 15) is 4.79 Å². The highest BCUT2D eigenvalue weighted by Crippen LogP contribution is 2.38. The number of methoxy groups -OCH3 is 3. The molecule has 0 aliphatic heterocycles. The molecule has 2 heterocycles. The van der Waals surface area contributed by atoms with Gasteiger partial charge in [-0.2, -0.15) is 9.50 Å². The Bertz CT molecular complexity index is 1350. The van der Waals surface area contributed by atoms with Crippen LogP contribution in [0.2, 0.25) is 0 Å². The molecule has 0 atom stereocenters. The van der Waals surface area contributed by atoms with Gasteiger partial charge in [0.1, 0.15) is 0 Å². The van der Waals surface area contributed by atoms with Crippen LogP contribution in [0.5, 0.6) is 17.2 Å². The fourth-order valence-corrected chi connectivity index (χ4v) is 4.02. The van der Waals surface area contributed by atoms with Gasteiger partial charge < -0.3 is 14.2 Å². The number of benzene rings is 2. The molecule has 2 aromatic carbocycles. The maximum absolute atomic E-state index is 12.8. The molecule has 8 heteroatoms. The highest BCUT2D eigenvalue weighted by molar-refractivity contribution is 7.15.